The standard InChI is InChI=1S/C20H20F3N3O6S/c21-20(22,23)18(27)25-12-4-6-13(7-5-12)33(29,30)14-8-9-15(26-19(24)28)16(11-14)32-17-3-1-2-10-31-17/h4-9,11,17H,1-3,10H2,(H,25,27)(H3,24,26,28). The predicted octanol–water partition coefficient (Wildman–Crippen LogP) is 3.42. The van der Waals surface area contributed by atoms with Gasteiger partial charge in [-0.2, -0.15) is 13.2 Å². The lowest BCUT2D eigenvalue weighted by atomic mass is 10.2. The van der Waals surface area contributed by atoms with E-state index in [1.165, 1.54) is 18.2 Å². The molecule has 4 N–H and O–H groups in total. The number of carbonyl (C=O) groups is 2. The topological polar surface area (TPSA) is 137 Å². The smallest absolute Gasteiger partial charge is 0.463 e. The second kappa shape index (κ2) is 9.67. The highest BCUT2D eigenvalue weighted by Crippen LogP contribution is 2.33. The van der Waals surface area contributed by atoms with Crippen LogP contribution in [-0.4, -0.2) is 39.4 Å². The van der Waals surface area contributed by atoms with Crippen molar-refractivity contribution in [1.82, 2.24) is 0 Å². The molecule has 0 aliphatic carbocycles. The number of nitrogens with one attached hydrogen (secondary N) is 2. The molecule has 0 aromatic heterocycles. The van der Waals surface area contributed by atoms with E-state index in [0.29, 0.717) is 13.0 Å². The van der Waals surface area contributed by atoms with Gasteiger partial charge in [0.15, 0.2) is 6.29 Å². The Labute approximate surface area is 187 Å². The lowest BCUT2D eigenvalue weighted by Crippen LogP contribution is -2.29. The number of benzene rings is 2. The van der Waals surface area contributed by atoms with Crippen molar-refractivity contribution in [3.8, 4) is 5.75 Å². The van der Waals surface area contributed by atoms with Crippen molar-refractivity contribution in [1.29, 1.82) is 0 Å². The van der Waals surface area contributed by atoms with Crippen LogP contribution < -0.4 is 21.1 Å². The fourth-order valence-electron chi connectivity index (χ4n) is 3.00. The molecule has 9 nitrogen and oxygen atoms in total. The average molecular weight is 487 g/mol. The Morgan fingerprint density at radius 2 is 1.70 bits per heavy atom. The fraction of sp³-hybridized carbons (Fsp3) is 0.300. The number of halogens is 3. The van der Waals surface area contributed by atoms with Gasteiger partial charge in [-0.25, -0.2) is 13.2 Å². The fourth-order valence-corrected chi connectivity index (χ4v) is 4.28. The molecule has 3 amide bonds. The Morgan fingerprint density at radius 3 is 2.27 bits per heavy atom. The molecule has 1 saturated heterocycles. The maximum absolute atomic E-state index is 13.0. The minimum absolute atomic E-state index is 0.0239. The van der Waals surface area contributed by atoms with Crippen LogP contribution in [0.25, 0.3) is 0 Å². The van der Waals surface area contributed by atoms with E-state index in [1.54, 1.807) is 5.32 Å². The Kier molecular flexibility index (Phi) is 7.12. The summed E-state index contributed by atoms with van der Waals surface area (Å²) in [5.74, 6) is -2.15. The monoisotopic (exact) mass is 487 g/mol. The first kappa shape index (κ1) is 24.3. The summed E-state index contributed by atoms with van der Waals surface area (Å²) < 4.78 is 74.4. The largest absolute Gasteiger partial charge is 0.471 e. The zero-order chi connectivity index (χ0) is 24.2. The van der Waals surface area contributed by atoms with Crippen LogP contribution in [0.3, 0.4) is 0 Å². The van der Waals surface area contributed by atoms with E-state index in [4.69, 9.17) is 15.2 Å². The second-order valence-corrected chi connectivity index (χ2v) is 8.99. The van der Waals surface area contributed by atoms with Crippen molar-refractivity contribution >= 4 is 33.2 Å². The highest BCUT2D eigenvalue weighted by Gasteiger charge is 2.38. The van der Waals surface area contributed by atoms with Gasteiger partial charge < -0.3 is 25.8 Å². The molecule has 13 heteroatoms. The zero-order valence-corrected chi connectivity index (χ0v) is 17.8. The molecule has 1 heterocycles. The van der Waals surface area contributed by atoms with Crippen molar-refractivity contribution in [3.05, 3.63) is 42.5 Å². The van der Waals surface area contributed by atoms with Gasteiger partial charge in [0.1, 0.15) is 5.75 Å². The van der Waals surface area contributed by atoms with Gasteiger partial charge >= 0.3 is 18.1 Å². The summed E-state index contributed by atoms with van der Waals surface area (Å²) in [7, 11) is -4.12. The van der Waals surface area contributed by atoms with Gasteiger partial charge in [-0.15, -0.1) is 0 Å². The molecule has 0 bridgehead atoms. The first-order valence-electron chi connectivity index (χ1n) is 9.69. The van der Waals surface area contributed by atoms with E-state index in [0.717, 1.165) is 37.1 Å². The van der Waals surface area contributed by atoms with Crippen LogP contribution in [0.5, 0.6) is 5.75 Å². The normalized spacial score (nSPS) is 16.6. The molecule has 2 aromatic carbocycles. The Balaban J connectivity index is 1.88. The van der Waals surface area contributed by atoms with Crippen molar-refractivity contribution in [2.45, 2.75) is 41.5 Å². The van der Waals surface area contributed by atoms with Crippen molar-refractivity contribution in [3.63, 3.8) is 0 Å². The summed E-state index contributed by atoms with van der Waals surface area (Å²) >= 11 is 0. The molecule has 1 atom stereocenters. The highest BCUT2D eigenvalue weighted by molar-refractivity contribution is 7.91. The zero-order valence-electron chi connectivity index (χ0n) is 17.0. The first-order valence-corrected chi connectivity index (χ1v) is 11.2. The minimum atomic E-state index is -5.08. The predicted molar refractivity (Wildman–Crippen MR) is 110 cm³/mol. The van der Waals surface area contributed by atoms with Crippen LogP contribution in [0, 0.1) is 0 Å². The number of hydrogen-bond donors (Lipinski definition) is 3. The number of alkyl halides is 3. The Hall–Kier alpha value is -3.32. The minimum Gasteiger partial charge on any atom is -0.463 e. The number of nitrogens with two attached hydrogens (primary N) is 1. The van der Waals surface area contributed by atoms with Gasteiger partial charge in [-0.05, 0) is 49.2 Å². The molecule has 33 heavy (non-hydrogen) atoms. The molecule has 0 radical (unpaired) electrons. The number of sulfone groups is 1. The third kappa shape index (κ3) is 6.14. The lowest BCUT2D eigenvalue weighted by Gasteiger charge is -2.25. The molecule has 1 aliphatic rings. The summed E-state index contributed by atoms with van der Waals surface area (Å²) in [4.78, 5) is 21.9. The van der Waals surface area contributed by atoms with Crippen LogP contribution in [0.15, 0.2) is 52.3 Å². The van der Waals surface area contributed by atoms with Gasteiger partial charge in [0.05, 0.1) is 22.1 Å². The van der Waals surface area contributed by atoms with Gasteiger partial charge in [0.2, 0.25) is 9.84 Å². The maximum atomic E-state index is 13.0. The Bertz CT molecular complexity index is 1130. The van der Waals surface area contributed by atoms with Crippen LogP contribution in [-0.2, 0) is 19.4 Å². The van der Waals surface area contributed by atoms with E-state index in [9.17, 15) is 31.2 Å². The van der Waals surface area contributed by atoms with E-state index < -0.39 is 34.2 Å². The molecule has 2 aromatic rings. The lowest BCUT2D eigenvalue weighted by molar-refractivity contribution is -0.167. The summed E-state index contributed by atoms with van der Waals surface area (Å²) in [6, 6.07) is 7.01. The van der Waals surface area contributed by atoms with E-state index in [1.807, 2.05) is 0 Å². The number of primary amides is 1. The number of hydrogen-bond acceptors (Lipinski definition) is 6. The van der Waals surface area contributed by atoms with E-state index in [2.05, 4.69) is 5.32 Å². The van der Waals surface area contributed by atoms with Gasteiger partial charge in [0.25, 0.3) is 0 Å². The third-order valence-corrected chi connectivity index (χ3v) is 6.36. The SMILES string of the molecule is NC(=O)Nc1ccc(S(=O)(=O)c2ccc(NC(=O)C(F)(F)F)cc2)cc1OC1CCCCO1. The molecule has 0 saturated carbocycles. The third-order valence-electron chi connectivity index (χ3n) is 4.60. The average Bonchev–Trinajstić information content (AvgIpc) is 2.75. The maximum Gasteiger partial charge on any atom is 0.471 e. The number of urea groups is 1. The van der Waals surface area contributed by atoms with Crippen LogP contribution in [0.2, 0.25) is 0 Å². The quantitative estimate of drug-likeness (QED) is 0.571. The van der Waals surface area contributed by atoms with Crippen molar-refractivity contribution in [2.24, 2.45) is 5.73 Å². The summed E-state index contributed by atoms with van der Waals surface area (Å²) in [5.41, 5.74) is 5.07. The van der Waals surface area contributed by atoms with Crippen LogP contribution in [0.1, 0.15) is 19.3 Å². The molecule has 1 unspecified atom stereocenters. The second-order valence-electron chi connectivity index (χ2n) is 7.04. The van der Waals surface area contributed by atoms with Crippen LogP contribution >= 0.6 is 0 Å². The highest BCUT2D eigenvalue weighted by atomic mass is 32.2. The Morgan fingerprint density at radius 1 is 1.03 bits per heavy atom. The molecule has 178 valence electrons. The number of anilines is 2. The first-order chi connectivity index (χ1) is 15.5. The molecule has 1 aliphatic heterocycles. The van der Waals surface area contributed by atoms with Crippen molar-refractivity contribution in [2.75, 3.05) is 17.2 Å². The molecule has 0 spiro atoms. The molecular weight excluding hydrogens is 467 g/mol. The summed E-state index contributed by atoms with van der Waals surface area (Å²) in [6.45, 7) is 0.471. The summed E-state index contributed by atoms with van der Waals surface area (Å²) in [5, 5.41) is 3.99. The molecule has 1 fully saturated rings. The van der Waals surface area contributed by atoms with Gasteiger partial charge in [-0.1, -0.05) is 0 Å². The van der Waals surface area contributed by atoms with Gasteiger partial charge in [-0.3, -0.25) is 4.79 Å². The van der Waals surface area contributed by atoms with Gasteiger partial charge in [0, 0.05) is 18.2 Å². The van der Waals surface area contributed by atoms with Crippen molar-refractivity contribution < 1.29 is 40.7 Å². The van der Waals surface area contributed by atoms with Crippen LogP contribution in [0.4, 0.5) is 29.3 Å². The molecule has 3 rings (SSSR count). The summed E-state index contributed by atoms with van der Waals surface area (Å²) in [6.07, 6.45) is -3.44. The van der Waals surface area contributed by atoms with E-state index in [-0.39, 0.29) is 26.9 Å². The number of rotatable bonds is 6. The molecular formula is C20H20F3N3O6S. The number of ether oxygens (including phenoxy) is 2. The van der Waals surface area contributed by atoms with E-state index >= 15 is 0 Å². The number of carbonyl (C=O) groups excluding carboxylic acids is 2. The number of amides is 3.